The van der Waals surface area contributed by atoms with Crippen LogP contribution in [0.4, 0.5) is 16.2 Å². The average Bonchev–Trinajstić information content (AvgIpc) is 3.92. The number of likely N-dealkylation sites (N-methyl/N-ethyl adjacent to an activating group) is 1. The number of anilines is 2. The zero-order chi connectivity index (χ0) is 44.5. The van der Waals surface area contributed by atoms with Gasteiger partial charge in [-0.05, 0) is 80.0 Å². The number of carbonyl (C=O) groups is 4. The van der Waals surface area contributed by atoms with E-state index in [-0.39, 0.29) is 29.7 Å². The largest absolute Gasteiger partial charge is 0.471 e. The summed E-state index contributed by atoms with van der Waals surface area (Å²) in [5.41, 5.74) is 9.04. The first-order valence-electron chi connectivity index (χ1n) is 21.1. The Labute approximate surface area is 360 Å². The van der Waals surface area contributed by atoms with Gasteiger partial charge >= 0.3 is 6.09 Å². The number of hydrogen-bond acceptors (Lipinski definition) is 11. The molecular weight excluding hydrogens is 777 g/mol. The van der Waals surface area contributed by atoms with Gasteiger partial charge in [0, 0.05) is 75.6 Å². The van der Waals surface area contributed by atoms with E-state index in [9.17, 15) is 14.4 Å². The molecule has 0 saturated carbocycles. The number of nitrogens with one attached hydrogen (secondary N) is 6. The Morgan fingerprint density at radius 3 is 1.57 bits per heavy atom. The van der Waals surface area contributed by atoms with Crippen molar-refractivity contribution in [2.75, 3.05) is 58.3 Å². The summed E-state index contributed by atoms with van der Waals surface area (Å²) in [5, 5.41) is 11.7. The standard InChI is InChI=1S/C43H62N10O4.C2H4O2/c1-27(2)39(44-5)41(54)45-19-11-9-13-37-47-23-33(49-37)29-15-17-35-31(21-29)25-52(6)36-18-16-30(22-32(36)26-53(35)7)34-24-48-38(50-34)14-10-12-20-46-42(55)40(28(3)4)51-43(56)57-8;1-4-2-3/h15-18,21-24,27-28,39-40,44H,9-14,19-20,25-26H2,1-8H3,(H,45,54)(H,46,55)(H,47,49)(H,48,50)(H,51,56);2H,1H3/t39-,40?;/m0./s1. The number of unbranched alkanes of at least 4 members (excludes halogenated alkanes) is 2. The summed E-state index contributed by atoms with van der Waals surface area (Å²) in [7, 11) is 8.72. The van der Waals surface area contributed by atoms with Gasteiger partial charge in [0.15, 0.2) is 0 Å². The van der Waals surface area contributed by atoms with Crippen molar-refractivity contribution >= 4 is 35.8 Å². The zero-order valence-corrected chi connectivity index (χ0v) is 37.3. The first-order chi connectivity index (χ1) is 29.3. The van der Waals surface area contributed by atoms with Crippen LogP contribution in [0.5, 0.6) is 0 Å². The second kappa shape index (κ2) is 23.8. The summed E-state index contributed by atoms with van der Waals surface area (Å²) in [6, 6.07) is 12.4. The molecule has 4 aromatic rings. The molecule has 3 heterocycles. The number of benzene rings is 2. The Morgan fingerprint density at radius 2 is 1.18 bits per heavy atom. The number of aryl methyl sites for hydroxylation is 2. The Hall–Kier alpha value is -5.90. The minimum atomic E-state index is -0.642. The maximum atomic E-state index is 12.6. The van der Waals surface area contributed by atoms with Crippen molar-refractivity contribution in [2.24, 2.45) is 11.8 Å². The van der Waals surface area contributed by atoms with E-state index in [4.69, 9.17) is 4.79 Å². The lowest BCUT2D eigenvalue weighted by Gasteiger charge is -2.32. The smallest absolute Gasteiger partial charge is 0.407 e. The van der Waals surface area contributed by atoms with E-state index in [0.717, 1.165) is 85.8 Å². The number of ether oxygens (including phenoxy) is 2. The highest BCUT2D eigenvalue weighted by Crippen LogP contribution is 2.35. The van der Waals surface area contributed by atoms with Gasteiger partial charge in [0.25, 0.3) is 6.47 Å². The summed E-state index contributed by atoms with van der Waals surface area (Å²) in [5.74, 6) is 1.88. The van der Waals surface area contributed by atoms with Crippen molar-refractivity contribution in [1.82, 2.24) is 41.2 Å². The molecule has 16 heteroatoms. The van der Waals surface area contributed by atoms with Crippen molar-refractivity contribution in [2.45, 2.75) is 91.4 Å². The fourth-order valence-corrected chi connectivity index (χ4v) is 7.42. The molecule has 16 nitrogen and oxygen atoms in total. The van der Waals surface area contributed by atoms with Crippen LogP contribution >= 0.6 is 0 Å². The average molecular weight is 843 g/mol. The minimum absolute atomic E-state index is 0.0550. The molecule has 0 fully saturated rings. The molecule has 0 aliphatic carbocycles. The van der Waals surface area contributed by atoms with Crippen LogP contribution in [0.15, 0.2) is 48.8 Å². The van der Waals surface area contributed by atoms with E-state index in [0.29, 0.717) is 19.6 Å². The number of aromatic nitrogens is 4. The van der Waals surface area contributed by atoms with Crippen molar-refractivity contribution in [3.8, 4) is 22.5 Å². The van der Waals surface area contributed by atoms with Gasteiger partial charge in [0.1, 0.15) is 17.7 Å². The highest BCUT2D eigenvalue weighted by Gasteiger charge is 2.25. The molecule has 3 amide bonds. The number of amides is 3. The quantitative estimate of drug-likeness (QED) is 0.0526. The molecule has 332 valence electrons. The second-order valence-corrected chi connectivity index (χ2v) is 16.1. The number of fused-ring (bicyclic) bond motifs is 2. The van der Waals surface area contributed by atoms with Gasteiger partial charge < -0.3 is 50.5 Å². The Morgan fingerprint density at radius 1 is 0.738 bits per heavy atom. The van der Waals surface area contributed by atoms with Crippen LogP contribution in [0, 0.1) is 11.8 Å². The molecule has 0 saturated heterocycles. The minimum Gasteiger partial charge on any atom is -0.471 e. The van der Waals surface area contributed by atoms with Crippen LogP contribution in [0.2, 0.25) is 0 Å². The summed E-state index contributed by atoms with van der Waals surface area (Å²) in [6.45, 7) is 10.9. The molecule has 2 aromatic heterocycles. The van der Waals surface area contributed by atoms with Gasteiger partial charge in [0.05, 0.1) is 44.0 Å². The molecule has 1 aliphatic heterocycles. The van der Waals surface area contributed by atoms with Gasteiger partial charge in [-0.25, -0.2) is 14.8 Å². The third-order valence-electron chi connectivity index (χ3n) is 10.7. The highest BCUT2D eigenvalue weighted by atomic mass is 16.5. The lowest BCUT2D eigenvalue weighted by molar-refractivity contribution is -0.126. The van der Waals surface area contributed by atoms with E-state index >= 15 is 0 Å². The van der Waals surface area contributed by atoms with Crippen LogP contribution in [0.1, 0.15) is 76.2 Å². The maximum absolute atomic E-state index is 12.6. The highest BCUT2D eigenvalue weighted by molar-refractivity contribution is 5.85. The third-order valence-corrected chi connectivity index (χ3v) is 10.7. The summed E-state index contributed by atoms with van der Waals surface area (Å²) >= 11 is 0. The van der Waals surface area contributed by atoms with Crippen molar-refractivity contribution in [3.63, 3.8) is 0 Å². The number of carbonyl (C=O) groups excluding carboxylic acids is 4. The second-order valence-electron chi connectivity index (χ2n) is 16.1. The van der Waals surface area contributed by atoms with Crippen LogP contribution in [0.25, 0.3) is 22.5 Å². The normalized spacial score (nSPS) is 13.2. The van der Waals surface area contributed by atoms with Crippen molar-refractivity contribution < 1.29 is 28.7 Å². The molecule has 0 spiro atoms. The van der Waals surface area contributed by atoms with E-state index < -0.39 is 12.1 Å². The lowest BCUT2D eigenvalue weighted by Crippen LogP contribution is -2.49. The SMILES string of the molecule is CN[C@H](C(=O)NCCCCc1ncc(-c2ccc3c(c2)CN(C)c2ccc(-c4cnc(CCCCNC(=O)C(NC(=O)OC)C(C)C)[nH]4)cc2CN3C)[nH]1)C(C)C.COC=O. The van der Waals surface area contributed by atoms with E-state index in [1.54, 1.807) is 0 Å². The molecule has 61 heavy (non-hydrogen) atoms. The van der Waals surface area contributed by atoms with Crippen molar-refractivity contribution in [3.05, 3.63) is 71.6 Å². The number of methoxy groups -OCH3 is 2. The summed E-state index contributed by atoms with van der Waals surface area (Å²) in [6.07, 6.45) is 8.25. The van der Waals surface area contributed by atoms with Crippen LogP contribution in [-0.4, -0.2) is 105 Å². The molecule has 0 bridgehead atoms. The Kier molecular flexibility index (Phi) is 18.6. The van der Waals surface area contributed by atoms with E-state index in [1.807, 2.05) is 47.1 Å². The fraction of sp³-hybridized carbons (Fsp3) is 0.511. The number of aromatic amines is 2. The van der Waals surface area contributed by atoms with Gasteiger partial charge in [-0.3, -0.25) is 14.4 Å². The van der Waals surface area contributed by atoms with Gasteiger partial charge in [-0.1, -0.05) is 39.8 Å². The maximum Gasteiger partial charge on any atom is 0.407 e. The summed E-state index contributed by atoms with van der Waals surface area (Å²) in [4.78, 5) is 66.6. The molecule has 1 aliphatic rings. The molecule has 1 unspecified atom stereocenters. The van der Waals surface area contributed by atoms with E-state index in [1.165, 1.54) is 36.7 Å². The van der Waals surface area contributed by atoms with Gasteiger partial charge in [-0.2, -0.15) is 0 Å². The van der Waals surface area contributed by atoms with Gasteiger partial charge in [-0.15, -0.1) is 0 Å². The zero-order valence-electron chi connectivity index (χ0n) is 37.3. The third kappa shape index (κ3) is 13.8. The van der Waals surface area contributed by atoms with Crippen LogP contribution in [-0.2, 0) is 49.8 Å². The predicted molar refractivity (Wildman–Crippen MR) is 239 cm³/mol. The number of rotatable bonds is 19. The topological polar surface area (TPSA) is 199 Å². The summed E-state index contributed by atoms with van der Waals surface area (Å²) < 4.78 is 8.51. The number of hydrogen-bond donors (Lipinski definition) is 6. The van der Waals surface area contributed by atoms with Crippen molar-refractivity contribution in [1.29, 1.82) is 0 Å². The van der Waals surface area contributed by atoms with E-state index in [2.05, 4.69) is 111 Å². The molecule has 2 aromatic carbocycles. The molecule has 5 rings (SSSR count). The molecule has 0 radical (unpaired) electrons. The number of nitrogens with zero attached hydrogens (tertiary/aromatic N) is 4. The molecule has 6 N–H and O–H groups in total. The lowest BCUT2D eigenvalue weighted by atomic mass is 10.0. The molecule has 2 atom stereocenters. The monoisotopic (exact) mass is 843 g/mol. The Balaban J connectivity index is 0.00000196. The number of imidazole rings is 2. The van der Waals surface area contributed by atoms with Gasteiger partial charge in [0.2, 0.25) is 11.8 Å². The van der Waals surface area contributed by atoms with Crippen LogP contribution < -0.4 is 31.1 Å². The predicted octanol–water partition coefficient (Wildman–Crippen LogP) is 5.34. The first-order valence-corrected chi connectivity index (χ1v) is 21.1. The first kappa shape index (κ1) is 47.8. The molecular formula is C45H66N10O6. The Bertz CT molecular complexity index is 2030. The van der Waals surface area contributed by atoms with Crippen LogP contribution in [0.3, 0.4) is 0 Å². The number of H-pyrrole nitrogens is 2. The fourth-order valence-electron chi connectivity index (χ4n) is 7.42. The number of alkyl carbamates (subject to hydrolysis) is 1.